The Balaban J connectivity index is 1.83. The number of esters is 2. The molecule has 9 nitrogen and oxygen atoms in total. The Morgan fingerprint density at radius 1 is 1.24 bits per heavy atom. The molecule has 3 aliphatic rings. The van der Waals surface area contributed by atoms with Crippen LogP contribution in [-0.2, 0) is 31.2 Å². The summed E-state index contributed by atoms with van der Waals surface area (Å²) in [6.07, 6.45) is 6.80. The van der Waals surface area contributed by atoms with E-state index in [1.807, 2.05) is 6.92 Å². The smallest absolute Gasteiger partial charge is 0.308 e. The molecule has 0 radical (unpaired) electrons. The number of aryl methyl sites for hydroxylation is 1. The van der Waals surface area contributed by atoms with Gasteiger partial charge < -0.3 is 19.4 Å². The quantitative estimate of drug-likeness (QED) is 0.241. The molecule has 2 saturated carbocycles. The van der Waals surface area contributed by atoms with Crippen molar-refractivity contribution in [3.63, 3.8) is 0 Å². The summed E-state index contributed by atoms with van der Waals surface area (Å²) in [5.74, 6) is 1.49. The van der Waals surface area contributed by atoms with Gasteiger partial charge in [-0.25, -0.2) is 0 Å². The van der Waals surface area contributed by atoms with E-state index < -0.39 is 45.7 Å². The lowest BCUT2D eigenvalue weighted by molar-refractivity contribution is -0.775. The summed E-state index contributed by atoms with van der Waals surface area (Å²) in [7, 11) is 0. The highest BCUT2D eigenvalue weighted by atomic mass is 17.0. The number of benzene rings is 1. The summed E-state index contributed by atoms with van der Waals surface area (Å²) < 4.78 is 10.9. The van der Waals surface area contributed by atoms with Gasteiger partial charge in [0.05, 0.1) is 0 Å². The summed E-state index contributed by atoms with van der Waals surface area (Å²) >= 11 is 0. The van der Waals surface area contributed by atoms with Crippen molar-refractivity contribution in [1.82, 2.24) is 0 Å². The van der Waals surface area contributed by atoms with Crippen molar-refractivity contribution >= 4 is 11.9 Å². The minimum atomic E-state index is -1.65. The second kappa shape index (κ2) is 7.73. The van der Waals surface area contributed by atoms with Crippen LogP contribution < -0.4 is 4.74 Å². The molecule has 33 heavy (non-hydrogen) atoms. The van der Waals surface area contributed by atoms with Crippen molar-refractivity contribution in [3.05, 3.63) is 39.4 Å². The Morgan fingerprint density at radius 2 is 1.97 bits per heavy atom. The number of hydrogen-bond acceptors (Lipinski definition) is 8. The Hall–Kier alpha value is -3.12. The second-order valence-electron chi connectivity index (χ2n) is 9.53. The highest BCUT2D eigenvalue weighted by molar-refractivity contribution is 5.69. The summed E-state index contributed by atoms with van der Waals surface area (Å²) in [6.45, 7) is 4.47. The van der Waals surface area contributed by atoms with Crippen LogP contribution in [0.25, 0.3) is 0 Å². The number of carbonyl (C=O) groups excluding carboxylic acids is 2. The van der Waals surface area contributed by atoms with Gasteiger partial charge in [-0.2, -0.15) is 0 Å². The Morgan fingerprint density at radius 3 is 2.58 bits per heavy atom. The summed E-state index contributed by atoms with van der Waals surface area (Å²) in [4.78, 5) is 39.8. The number of rotatable bonds is 4. The van der Waals surface area contributed by atoms with E-state index >= 15 is 0 Å². The molecule has 176 valence electrons. The van der Waals surface area contributed by atoms with Gasteiger partial charge in [-0.05, 0) is 67.2 Å². The Labute approximate surface area is 191 Å². The van der Waals surface area contributed by atoms with E-state index in [4.69, 9.17) is 20.7 Å². The molecular weight excluding hydrogens is 430 g/mol. The normalized spacial score (nSPS) is 36.4. The number of fused-ring (bicyclic) bond motifs is 5. The molecule has 6 atom stereocenters. The van der Waals surface area contributed by atoms with Crippen LogP contribution in [0.1, 0.15) is 57.6 Å². The van der Waals surface area contributed by atoms with Gasteiger partial charge in [0, 0.05) is 19.3 Å². The molecular formula is C24H27NO8. The molecule has 0 heterocycles. The standard InChI is InChI=1S/C24H27NO8/c1-5-23(32-15(3)27)11-10-19-20-8-6-16-12-17(31-14(2)26)7-9-18(16)24(20,28)21(33-25(29)30)13-22(19,23)4/h1,7,9,12,19-21,28H,6,8,10-11,13H2,2-4H3. The molecule has 0 bridgehead atoms. The highest BCUT2D eigenvalue weighted by Crippen LogP contribution is 2.66. The zero-order valence-corrected chi connectivity index (χ0v) is 18.8. The van der Waals surface area contributed by atoms with Gasteiger partial charge in [-0.1, -0.05) is 18.9 Å². The van der Waals surface area contributed by atoms with Crippen LogP contribution in [0.3, 0.4) is 0 Å². The van der Waals surface area contributed by atoms with Crippen molar-refractivity contribution < 1.29 is 34.1 Å². The molecule has 3 aliphatic carbocycles. The zero-order valence-electron chi connectivity index (χ0n) is 18.8. The van der Waals surface area contributed by atoms with Crippen molar-refractivity contribution in [2.24, 2.45) is 17.3 Å². The summed E-state index contributed by atoms with van der Waals surface area (Å²) in [6, 6.07) is 4.90. The predicted molar refractivity (Wildman–Crippen MR) is 114 cm³/mol. The first kappa shape index (κ1) is 23.1. The first-order chi connectivity index (χ1) is 15.5. The Kier molecular flexibility index (Phi) is 5.40. The maximum Gasteiger partial charge on any atom is 0.308 e. The average molecular weight is 457 g/mol. The fraction of sp³-hybridized carbons (Fsp3) is 0.583. The minimum Gasteiger partial charge on any atom is -0.445 e. The molecule has 9 heteroatoms. The molecule has 0 saturated heterocycles. The van der Waals surface area contributed by atoms with Crippen molar-refractivity contribution in [3.8, 4) is 18.1 Å². The molecule has 1 N–H and O–H groups in total. The van der Waals surface area contributed by atoms with E-state index in [2.05, 4.69) is 5.92 Å². The third-order valence-electron chi connectivity index (χ3n) is 7.96. The zero-order chi connectivity index (χ0) is 24.2. The van der Waals surface area contributed by atoms with Crippen LogP contribution in [0.5, 0.6) is 5.75 Å². The molecule has 0 spiro atoms. The first-order valence-corrected chi connectivity index (χ1v) is 11.0. The average Bonchev–Trinajstić information content (AvgIpc) is 2.99. The lowest BCUT2D eigenvalue weighted by Gasteiger charge is -2.58. The molecule has 0 aromatic heterocycles. The van der Waals surface area contributed by atoms with E-state index in [1.54, 1.807) is 18.2 Å². The monoisotopic (exact) mass is 457 g/mol. The minimum absolute atomic E-state index is 0.0360. The number of aliphatic hydroxyl groups is 1. The fourth-order valence-corrected chi connectivity index (χ4v) is 6.71. The number of terminal acetylenes is 1. The van der Waals surface area contributed by atoms with Crippen LogP contribution >= 0.6 is 0 Å². The fourth-order valence-electron chi connectivity index (χ4n) is 6.71. The van der Waals surface area contributed by atoms with Crippen LogP contribution in [0, 0.1) is 39.7 Å². The van der Waals surface area contributed by atoms with E-state index in [9.17, 15) is 24.8 Å². The lowest BCUT2D eigenvalue weighted by atomic mass is 9.50. The SMILES string of the molecule is C#CC1(OC(C)=O)CCC2C3CCc4cc(OC(C)=O)ccc4C3(O)C(O[N+](=O)[O-])CC21C. The topological polar surface area (TPSA) is 125 Å². The summed E-state index contributed by atoms with van der Waals surface area (Å²) in [5.41, 5.74) is -2.44. The maximum absolute atomic E-state index is 12.1. The number of nitrogens with zero attached hydrogens (tertiary/aromatic N) is 1. The van der Waals surface area contributed by atoms with E-state index in [0.29, 0.717) is 37.0 Å². The van der Waals surface area contributed by atoms with Crippen LogP contribution in [0.2, 0.25) is 0 Å². The van der Waals surface area contributed by atoms with Crippen molar-refractivity contribution in [1.29, 1.82) is 0 Å². The largest absolute Gasteiger partial charge is 0.445 e. The van der Waals surface area contributed by atoms with Gasteiger partial charge in [-0.3, -0.25) is 9.59 Å². The molecule has 1 aromatic carbocycles. The molecule has 4 rings (SSSR count). The molecule has 0 aliphatic heterocycles. The van der Waals surface area contributed by atoms with Gasteiger partial charge in [0.1, 0.15) is 17.5 Å². The number of hydrogen-bond donors (Lipinski definition) is 1. The summed E-state index contributed by atoms with van der Waals surface area (Å²) in [5, 5.41) is 22.7. The number of ether oxygens (including phenoxy) is 2. The van der Waals surface area contributed by atoms with Gasteiger partial charge >= 0.3 is 11.9 Å². The van der Waals surface area contributed by atoms with Crippen LogP contribution in [0.15, 0.2) is 18.2 Å². The van der Waals surface area contributed by atoms with Crippen molar-refractivity contribution in [2.45, 2.75) is 70.2 Å². The van der Waals surface area contributed by atoms with E-state index in [1.165, 1.54) is 13.8 Å². The van der Waals surface area contributed by atoms with Crippen LogP contribution in [-0.4, -0.2) is 33.8 Å². The molecule has 1 aromatic rings. The van der Waals surface area contributed by atoms with E-state index in [-0.39, 0.29) is 12.3 Å². The van der Waals surface area contributed by atoms with Crippen molar-refractivity contribution in [2.75, 3.05) is 0 Å². The third-order valence-corrected chi connectivity index (χ3v) is 7.96. The second-order valence-corrected chi connectivity index (χ2v) is 9.53. The molecule has 2 fully saturated rings. The number of carbonyl (C=O) groups is 2. The van der Waals surface area contributed by atoms with Gasteiger partial charge in [0.15, 0.2) is 5.60 Å². The highest BCUT2D eigenvalue weighted by Gasteiger charge is 2.70. The predicted octanol–water partition coefficient (Wildman–Crippen LogP) is 2.69. The van der Waals surface area contributed by atoms with E-state index in [0.717, 1.165) is 5.56 Å². The maximum atomic E-state index is 12.1. The van der Waals surface area contributed by atoms with Crippen LogP contribution in [0.4, 0.5) is 0 Å². The van der Waals surface area contributed by atoms with Gasteiger partial charge in [0.25, 0.3) is 5.09 Å². The first-order valence-electron chi connectivity index (χ1n) is 11.0. The third kappa shape index (κ3) is 3.35. The molecule has 0 amide bonds. The van der Waals surface area contributed by atoms with Gasteiger partial charge in [-0.15, -0.1) is 16.5 Å². The molecule has 6 unspecified atom stereocenters. The van der Waals surface area contributed by atoms with Gasteiger partial charge in [0.2, 0.25) is 0 Å². The Bertz CT molecular complexity index is 1060. The lowest BCUT2D eigenvalue weighted by Crippen LogP contribution is -2.64.